The van der Waals surface area contributed by atoms with Crippen molar-refractivity contribution in [2.24, 2.45) is 0 Å². The second-order valence-electron chi connectivity index (χ2n) is 6.34. The fourth-order valence-electron chi connectivity index (χ4n) is 3.01. The van der Waals surface area contributed by atoms with Gasteiger partial charge in [-0.1, -0.05) is 47.6 Å². The van der Waals surface area contributed by atoms with Crippen LogP contribution in [0.5, 0.6) is 0 Å². The van der Waals surface area contributed by atoms with Gasteiger partial charge in [-0.05, 0) is 17.8 Å². The number of aromatic nitrogens is 4. The fraction of sp³-hybridized carbons (Fsp3) is 0.200. The first-order chi connectivity index (χ1) is 12.7. The summed E-state index contributed by atoms with van der Waals surface area (Å²) < 4.78 is 5.00. The number of hydrogen-bond acceptors (Lipinski definition) is 6. The highest BCUT2D eigenvalue weighted by atomic mass is 16.5. The van der Waals surface area contributed by atoms with E-state index in [4.69, 9.17) is 4.52 Å². The Balaban J connectivity index is 1.51. The van der Waals surface area contributed by atoms with Gasteiger partial charge in [-0.25, -0.2) is 9.97 Å². The van der Waals surface area contributed by atoms with Gasteiger partial charge < -0.3 is 4.52 Å². The van der Waals surface area contributed by atoms with Crippen LogP contribution in [0.4, 0.5) is 0 Å². The molecule has 4 rings (SSSR count). The molecule has 0 amide bonds. The summed E-state index contributed by atoms with van der Waals surface area (Å²) in [5, 5.41) is 6.27. The molecule has 0 unspecified atom stereocenters. The van der Waals surface area contributed by atoms with E-state index < -0.39 is 0 Å². The van der Waals surface area contributed by atoms with Crippen molar-refractivity contribution in [1.82, 2.24) is 25.0 Å². The molecule has 6 heteroatoms. The third kappa shape index (κ3) is 3.45. The predicted octanol–water partition coefficient (Wildman–Crippen LogP) is 3.62. The highest BCUT2D eigenvalue weighted by molar-refractivity contribution is 5.94. The van der Waals surface area contributed by atoms with E-state index in [1.54, 1.807) is 6.92 Å². The first-order valence-electron chi connectivity index (χ1n) is 8.46. The largest absolute Gasteiger partial charge is 0.340 e. The molecule has 0 fully saturated rings. The molecule has 0 saturated heterocycles. The van der Waals surface area contributed by atoms with Gasteiger partial charge >= 0.3 is 0 Å². The Morgan fingerprint density at radius 2 is 1.73 bits per heavy atom. The van der Waals surface area contributed by atoms with Crippen molar-refractivity contribution in [3.63, 3.8) is 0 Å². The molecule has 130 valence electrons. The van der Waals surface area contributed by atoms with Gasteiger partial charge in [-0.15, -0.1) is 0 Å². The highest BCUT2D eigenvalue weighted by Crippen LogP contribution is 2.25. The number of benzene rings is 2. The average Bonchev–Trinajstić information content (AvgIpc) is 3.06. The van der Waals surface area contributed by atoms with E-state index in [2.05, 4.69) is 49.3 Å². The second kappa shape index (κ2) is 7.01. The van der Waals surface area contributed by atoms with Gasteiger partial charge in [-0.2, -0.15) is 4.98 Å². The normalized spacial score (nSPS) is 11.3. The molecule has 0 aliphatic heterocycles. The van der Waals surface area contributed by atoms with Gasteiger partial charge in [0.1, 0.15) is 0 Å². The monoisotopic (exact) mass is 345 g/mol. The average molecular weight is 345 g/mol. The maximum Gasteiger partial charge on any atom is 0.223 e. The number of fused-ring (bicyclic) bond motifs is 1. The zero-order chi connectivity index (χ0) is 17.9. The first-order valence-corrected chi connectivity index (χ1v) is 8.46. The van der Waals surface area contributed by atoms with Crippen LogP contribution < -0.4 is 0 Å². The predicted molar refractivity (Wildman–Crippen MR) is 99.2 cm³/mol. The Morgan fingerprint density at radius 3 is 2.50 bits per heavy atom. The van der Waals surface area contributed by atoms with Crippen LogP contribution in [-0.2, 0) is 13.1 Å². The van der Waals surface area contributed by atoms with Crippen LogP contribution in [-0.4, -0.2) is 32.1 Å². The molecular formula is C20H19N5O. The molecule has 26 heavy (non-hydrogen) atoms. The SMILES string of the molecule is Cc1nc(CN(C)Cc2cnc(-c3cccc4ccccc34)nc2)no1. The summed E-state index contributed by atoms with van der Waals surface area (Å²) in [6.07, 6.45) is 3.75. The number of rotatable bonds is 5. The number of hydrogen-bond donors (Lipinski definition) is 0. The van der Waals surface area contributed by atoms with E-state index in [-0.39, 0.29) is 0 Å². The van der Waals surface area contributed by atoms with Gasteiger partial charge in [0.05, 0.1) is 6.54 Å². The molecular weight excluding hydrogens is 326 g/mol. The molecule has 2 aromatic carbocycles. The van der Waals surface area contributed by atoms with E-state index >= 15 is 0 Å². The van der Waals surface area contributed by atoms with Crippen LogP contribution >= 0.6 is 0 Å². The maximum atomic E-state index is 5.00. The highest BCUT2D eigenvalue weighted by Gasteiger charge is 2.09. The van der Waals surface area contributed by atoms with Crippen molar-refractivity contribution < 1.29 is 4.52 Å². The molecule has 4 aromatic rings. The molecule has 0 radical (unpaired) electrons. The van der Waals surface area contributed by atoms with Gasteiger partial charge in [0.15, 0.2) is 11.6 Å². The minimum atomic E-state index is 0.580. The molecule has 0 bridgehead atoms. The van der Waals surface area contributed by atoms with E-state index in [1.165, 1.54) is 5.39 Å². The Hall–Kier alpha value is -3.12. The molecule has 0 saturated carbocycles. The van der Waals surface area contributed by atoms with Crippen LogP contribution in [0, 0.1) is 6.92 Å². The summed E-state index contributed by atoms with van der Waals surface area (Å²) in [5.41, 5.74) is 2.09. The summed E-state index contributed by atoms with van der Waals surface area (Å²) in [4.78, 5) is 15.5. The first kappa shape index (κ1) is 16.4. The molecule has 0 atom stereocenters. The van der Waals surface area contributed by atoms with Crippen molar-refractivity contribution in [2.75, 3.05) is 7.05 Å². The van der Waals surface area contributed by atoms with Gasteiger partial charge in [0.2, 0.25) is 5.89 Å². The van der Waals surface area contributed by atoms with Crippen molar-refractivity contribution in [3.05, 3.63) is 72.1 Å². The second-order valence-corrected chi connectivity index (χ2v) is 6.34. The zero-order valence-corrected chi connectivity index (χ0v) is 14.8. The minimum absolute atomic E-state index is 0.580. The van der Waals surface area contributed by atoms with E-state index in [0.29, 0.717) is 24.8 Å². The molecule has 0 aliphatic carbocycles. The third-order valence-corrected chi connectivity index (χ3v) is 4.17. The molecule has 2 heterocycles. The lowest BCUT2D eigenvalue weighted by atomic mass is 10.0. The Labute approximate surface area is 151 Å². The number of nitrogens with zero attached hydrogens (tertiary/aromatic N) is 5. The molecule has 0 aliphatic rings. The van der Waals surface area contributed by atoms with E-state index in [0.717, 1.165) is 22.3 Å². The van der Waals surface area contributed by atoms with Gasteiger partial charge in [-0.3, -0.25) is 4.90 Å². The zero-order valence-electron chi connectivity index (χ0n) is 14.8. The fourth-order valence-corrected chi connectivity index (χ4v) is 3.01. The molecule has 0 N–H and O–H groups in total. The van der Waals surface area contributed by atoms with Gasteiger partial charge in [0.25, 0.3) is 0 Å². The Morgan fingerprint density at radius 1 is 0.962 bits per heavy atom. The lowest BCUT2D eigenvalue weighted by Crippen LogP contribution is -2.18. The maximum absolute atomic E-state index is 5.00. The number of aryl methyl sites for hydroxylation is 1. The minimum Gasteiger partial charge on any atom is -0.340 e. The van der Waals surface area contributed by atoms with Crippen LogP contribution in [0.3, 0.4) is 0 Å². The summed E-state index contributed by atoms with van der Waals surface area (Å²) >= 11 is 0. The summed E-state index contributed by atoms with van der Waals surface area (Å²) in [5.74, 6) is 2.00. The van der Waals surface area contributed by atoms with Gasteiger partial charge in [0, 0.05) is 37.0 Å². The quantitative estimate of drug-likeness (QED) is 0.550. The standard InChI is InChI=1S/C20H19N5O/c1-14-23-19(24-26-14)13-25(2)12-15-10-21-20(22-11-15)18-9-5-7-16-6-3-4-8-17(16)18/h3-11H,12-13H2,1-2H3. The van der Waals surface area contributed by atoms with Crippen LogP contribution in [0.25, 0.3) is 22.2 Å². The molecule has 0 spiro atoms. The Bertz CT molecular complexity index is 1020. The van der Waals surface area contributed by atoms with E-state index in [9.17, 15) is 0 Å². The summed E-state index contributed by atoms with van der Waals surface area (Å²) in [6.45, 7) is 3.11. The van der Waals surface area contributed by atoms with Crippen molar-refractivity contribution >= 4 is 10.8 Å². The van der Waals surface area contributed by atoms with Crippen molar-refractivity contribution in [2.45, 2.75) is 20.0 Å². The lowest BCUT2D eigenvalue weighted by molar-refractivity contribution is 0.300. The molecule has 6 nitrogen and oxygen atoms in total. The summed E-state index contributed by atoms with van der Waals surface area (Å²) in [6, 6.07) is 14.5. The Kier molecular flexibility index (Phi) is 4.41. The third-order valence-electron chi connectivity index (χ3n) is 4.17. The topological polar surface area (TPSA) is 67.9 Å². The van der Waals surface area contributed by atoms with Crippen molar-refractivity contribution in [3.8, 4) is 11.4 Å². The summed E-state index contributed by atoms with van der Waals surface area (Å²) in [7, 11) is 2.00. The smallest absolute Gasteiger partial charge is 0.223 e. The lowest BCUT2D eigenvalue weighted by Gasteiger charge is -2.14. The van der Waals surface area contributed by atoms with Crippen LogP contribution in [0.15, 0.2) is 59.4 Å². The van der Waals surface area contributed by atoms with Crippen LogP contribution in [0.1, 0.15) is 17.3 Å². The van der Waals surface area contributed by atoms with Crippen molar-refractivity contribution in [1.29, 1.82) is 0 Å². The van der Waals surface area contributed by atoms with Crippen LogP contribution in [0.2, 0.25) is 0 Å². The molecule has 2 aromatic heterocycles. The van der Waals surface area contributed by atoms with E-state index in [1.807, 2.05) is 37.6 Å².